The fourth-order valence-electron chi connectivity index (χ4n) is 2.62. The van der Waals surface area contributed by atoms with Crippen LogP contribution in [0.25, 0.3) is 0 Å². The van der Waals surface area contributed by atoms with Gasteiger partial charge in [0, 0.05) is 26.0 Å². The third-order valence-corrected chi connectivity index (χ3v) is 5.09. The summed E-state index contributed by atoms with van der Waals surface area (Å²) in [6, 6.07) is 0. The van der Waals surface area contributed by atoms with Gasteiger partial charge in [-0.1, -0.05) is 30.2 Å². The summed E-state index contributed by atoms with van der Waals surface area (Å²) in [6.45, 7) is 9.41. The first-order valence-electron chi connectivity index (χ1n) is 9.66. The molecule has 1 rings (SSSR count). The molecule has 0 bridgehead atoms. The Labute approximate surface area is 169 Å². The SMILES string of the molecule is C=C/C=C(\C)C(C)(C#CCCCOS(C)(=O)=O)CCNNOC1CCCCO1. The molecular weight excluding hydrogens is 380 g/mol. The van der Waals surface area contributed by atoms with Crippen molar-refractivity contribution in [3.8, 4) is 11.8 Å². The fourth-order valence-corrected chi connectivity index (χ4v) is 3.04. The van der Waals surface area contributed by atoms with Crippen LogP contribution in [0.3, 0.4) is 0 Å². The average molecular weight is 415 g/mol. The van der Waals surface area contributed by atoms with E-state index in [1.807, 2.05) is 13.0 Å². The third-order valence-electron chi connectivity index (χ3n) is 4.50. The van der Waals surface area contributed by atoms with Crippen molar-refractivity contribution in [2.75, 3.05) is 26.0 Å². The molecule has 0 spiro atoms. The molecule has 0 aromatic carbocycles. The van der Waals surface area contributed by atoms with Gasteiger partial charge in [-0.25, -0.2) is 5.43 Å². The molecular formula is C20H34N2O5S. The zero-order valence-corrected chi connectivity index (χ0v) is 18.1. The Morgan fingerprint density at radius 3 is 2.86 bits per heavy atom. The lowest BCUT2D eigenvalue weighted by atomic mass is 9.80. The Kier molecular flexibility index (Phi) is 11.6. The summed E-state index contributed by atoms with van der Waals surface area (Å²) >= 11 is 0. The highest BCUT2D eigenvalue weighted by Crippen LogP contribution is 2.29. The monoisotopic (exact) mass is 414 g/mol. The predicted octanol–water partition coefficient (Wildman–Crippen LogP) is 2.83. The predicted molar refractivity (Wildman–Crippen MR) is 110 cm³/mol. The quantitative estimate of drug-likeness (QED) is 0.167. The zero-order valence-electron chi connectivity index (χ0n) is 17.3. The number of hydrogen-bond donors (Lipinski definition) is 2. The maximum Gasteiger partial charge on any atom is 0.264 e. The van der Waals surface area contributed by atoms with Gasteiger partial charge in [-0.3, -0.25) is 9.02 Å². The van der Waals surface area contributed by atoms with Gasteiger partial charge in [0.1, 0.15) is 0 Å². The second-order valence-corrected chi connectivity index (χ2v) is 8.69. The van der Waals surface area contributed by atoms with Crippen LogP contribution < -0.4 is 11.0 Å². The summed E-state index contributed by atoms with van der Waals surface area (Å²) in [4.78, 5) is 5.45. The molecule has 28 heavy (non-hydrogen) atoms. The van der Waals surface area contributed by atoms with Crippen molar-refractivity contribution in [1.29, 1.82) is 0 Å². The Bertz CT molecular complexity index is 660. The van der Waals surface area contributed by atoms with Crippen molar-refractivity contribution in [2.45, 2.75) is 58.7 Å². The van der Waals surface area contributed by atoms with Crippen molar-refractivity contribution in [3.63, 3.8) is 0 Å². The highest BCUT2D eigenvalue weighted by Gasteiger charge is 2.23. The summed E-state index contributed by atoms with van der Waals surface area (Å²) < 4.78 is 32.1. The van der Waals surface area contributed by atoms with Crippen LogP contribution in [0, 0.1) is 17.3 Å². The molecule has 0 aromatic rings. The van der Waals surface area contributed by atoms with Crippen LogP contribution in [0.1, 0.15) is 52.4 Å². The van der Waals surface area contributed by atoms with Crippen molar-refractivity contribution in [2.24, 2.45) is 5.41 Å². The first kappa shape index (κ1) is 24.8. The first-order chi connectivity index (χ1) is 13.3. The van der Waals surface area contributed by atoms with Gasteiger partial charge < -0.3 is 4.74 Å². The highest BCUT2D eigenvalue weighted by atomic mass is 32.2. The van der Waals surface area contributed by atoms with E-state index < -0.39 is 10.1 Å². The van der Waals surface area contributed by atoms with E-state index in [-0.39, 0.29) is 18.3 Å². The van der Waals surface area contributed by atoms with E-state index in [0.717, 1.165) is 44.1 Å². The fraction of sp³-hybridized carbons (Fsp3) is 0.700. The molecule has 2 atom stereocenters. The Balaban J connectivity index is 2.44. The first-order valence-corrected chi connectivity index (χ1v) is 11.5. The van der Waals surface area contributed by atoms with Gasteiger partial charge in [0.05, 0.1) is 18.3 Å². The molecule has 8 heteroatoms. The largest absolute Gasteiger partial charge is 0.351 e. The summed E-state index contributed by atoms with van der Waals surface area (Å²) in [6.07, 6.45) is 9.54. The normalized spacial score (nSPS) is 20.1. The van der Waals surface area contributed by atoms with Crippen LogP contribution in [0.15, 0.2) is 24.3 Å². The molecule has 1 aliphatic rings. The van der Waals surface area contributed by atoms with Gasteiger partial charge in [0.2, 0.25) is 0 Å². The molecule has 0 aliphatic carbocycles. The molecule has 160 valence electrons. The molecule has 2 unspecified atom stereocenters. The standard InChI is InChI=1S/C20H34N2O5S/c1-5-11-18(2)20(3,13-8-6-9-17-26-28(4,23)24)14-15-21-22-27-19-12-7-10-16-25-19/h5,11,19,21-22H,1,6-7,9-10,12,14-17H2,2-4H3/b18-11+. The minimum Gasteiger partial charge on any atom is -0.351 e. The lowest BCUT2D eigenvalue weighted by Crippen LogP contribution is -2.39. The smallest absolute Gasteiger partial charge is 0.264 e. The van der Waals surface area contributed by atoms with Crippen LogP contribution >= 0.6 is 0 Å². The third kappa shape index (κ3) is 11.0. The molecule has 0 amide bonds. The second kappa shape index (κ2) is 13.1. The maximum absolute atomic E-state index is 11.0. The van der Waals surface area contributed by atoms with Crippen molar-refractivity contribution in [3.05, 3.63) is 24.3 Å². The number of rotatable bonds is 12. The molecule has 1 heterocycles. The molecule has 0 aromatic heterocycles. The molecule has 1 saturated heterocycles. The van der Waals surface area contributed by atoms with Gasteiger partial charge in [0.15, 0.2) is 6.29 Å². The molecule has 0 saturated carbocycles. The Morgan fingerprint density at radius 2 is 2.21 bits per heavy atom. The average Bonchev–Trinajstić information content (AvgIpc) is 2.64. The Morgan fingerprint density at radius 1 is 1.43 bits per heavy atom. The van der Waals surface area contributed by atoms with Crippen LogP contribution in [-0.2, 0) is 23.9 Å². The van der Waals surface area contributed by atoms with Gasteiger partial charge >= 0.3 is 0 Å². The van der Waals surface area contributed by atoms with Gasteiger partial charge in [-0.05, 0) is 39.5 Å². The van der Waals surface area contributed by atoms with Gasteiger partial charge in [-0.2, -0.15) is 8.42 Å². The minimum absolute atomic E-state index is 0.151. The van der Waals surface area contributed by atoms with Gasteiger partial charge in [-0.15, -0.1) is 11.5 Å². The molecule has 0 radical (unpaired) electrons. The van der Waals surface area contributed by atoms with E-state index in [2.05, 4.69) is 36.4 Å². The maximum atomic E-state index is 11.0. The number of nitrogens with one attached hydrogen (secondary N) is 2. The summed E-state index contributed by atoms with van der Waals surface area (Å²) in [7, 11) is -3.39. The van der Waals surface area contributed by atoms with Gasteiger partial charge in [0.25, 0.3) is 10.1 Å². The lowest BCUT2D eigenvalue weighted by molar-refractivity contribution is -0.206. The summed E-state index contributed by atoms with van der Waals surface area (Å²) in [5.74, 6) is 6.46. The second-order valence-electron chi connectivity index (χ2n) is 7.04. The van der Waals surface area contributed by atoms with E-state index in [9.17, 15) is 8.42 Å². The van der Waals surface area contributed by atoms with Crippen LogP contribution in [0.4, 0.5) is 0 Å². The Hall–Kier alpha value is -1.21. The highest BCUT2D eigenvalue weighted by molar-refractivity contribution is 7.85. The molecule has 2 N–H and O–H groups in total. The lowest BCUT2D eigenvalue weighted by Gasteiger charge is -2.26. The summed E-state index contributed by atoms with van der Waals surface area (Å²) in [5, 5.41) is 0. The van der Waals surface area contributed by atoms with Crippen LogP contribution in [0.2, 0.25) is 0 Å². The zero-order chi connectivity index (χ0) is 20.9. The number of unbranched alkanes of at least 4 members (excludes halogenated alkanes) is 1. The molecule has 1 aliphatic heterocycles. The number of ether oxygens (including phenoxy) is 1. The van der Waals surface area contributed by atoms with E-state index in [1.54, 1.807) is 6.08 Å². The van der Waals surface area contributed by atoms with Crippen LogP contribution in [-0.4, -0.2) is 40.7 Å². The van der Waals surface area contributed by atoms with Crippen molar-refractivity contribution < 1.29 is 22.2 Å². The number of hydrazine groups is 1. The van der Waals surface area contributed by atoms with Crippen molar-refractivity contribution in [1.82, 2.24) is 11.0 Å². The minimum atomic E-state index is -3.39. The number of allylic oxidation sites excluding steroid dienone is 3. The van der Waals surface area contributed by atoms with Crippen LogP contribution in [0.5, 0.6) is 0 Å². The van der Waals surface area contributed by atoms with E-state index >= 15 is 0 Å². The number of hydrogen-bond acceptors (Lipinski definition) is 7. The van der Waals surface area contributed by atoms with E-state index in [4.69, 9.17) is 13.8 Å². The van der Waals surface area contributed by atoms with E-state index in [0.29, 0.717) is 19.4 Å². The topological polar surface area (TPSA) is 85.9 Å². The summed E-state index contributed by atoms with van der Waals surface area (Å²) in [5.41, 5.74) is 6.59. The molecule has 7 nitrogen and oxygen atoms in total. The molecule has 1 fully saturated rings. The van der Waals surface area contributed by atoms with Crippen molar-refractivity contribution >= 4 is 10.1 Å². The van der Waals surface area contributed by atoms with E-state index in [1.165, 1.54) is 0 Å².